The first-order valence-electron chi connectivity index (χ1n) is 10.4. The molecule has 1 atom stereocenters. The van der Waals surface area contributed by atoms with E-state index in [4.69, 9.17) is 16.3 Å². The first-order chi connectivity index (χ1) is 14.7. The van der Waals surface area contributed by atoms with E-state index in [9.17, 15) is 10.1 Å². The van der Waals surface area contributed by atoms with Crippen LogP contribution in [0.5, 0.6) is 5.75 Å². The molecule has 5 nitrogen and oxygen atoms in total. The smallest absolute Gasteiger partial charge is 0.266 e. The first-order valence-corrected chi connectivity index (χ1v) is 10.8. The number of amides is 1. The van der Waals surface area contributed by atoms with Gasteiger partial charge in [0, 0.05) is 29.0 Å². The largest absolute Gasteiger partial charge is 0.494 e. The van der Waals surface area contributed by atoms with Crippen molar-refractivity contribution in [2.75, 3.05) is 23.9 Å². The van der Waals surface area contributed by atoms with Crippen LogP contribution in [0, 0.1) is 11.3 Å². The Morgan fingerprint density at radius 3 is 2.65 bits per heavy atom. The Bertz CT molecular complexity index is 1050. The van der Waals surface area contributed by atoms with Crippen molar-refractivity contribution in [3.8, 4) is 11.8 Å². The average Bonchev–Trinajstić information content (AvgIpc) is 2.72. The minimum absolute atomic E-state index is 0.00659. The molecule has 6 heteroatoms. The minimum Gasteiger partial charge on any atom is -0.494 e. The number of hydrogen-bond acceptors (Lipinski definition) is 4. The summed E-state index contributed by atoms with van der Waals surface area (Å²) in [4.78, 5) is 14.9. The Kier molecular flexibility index (Phi) is 6.62. The van der Waals surface area contributed by atoms with Gasteiger partial charge in [-0.15, -0.1) is 0 Å². The molecule has 1 aliphatic rings. The normalized spacial score (nSPS) is 17.5. The van der Waals surface area contributed by atoms with E-state index in [-0.39, 0.29) is 11.1 Å². The van der Waals surface area contributed by atoms with Gasteiger partial charge in [0.25, 0.3) is 5.91 Å². The van der Waals surface area contributed by atoms with Gasteiger partial charge in [-0.3, -0.25) is 4.79 Å². The van der Waals surface area contributed by atoms with E-state index in [0.29, 0.717) is 28.8 Å². The summed E-state index contributed by atoms with van der Waals surface area (Å²) in [6.07, 6.45) is 2.56. The number of nitrogens with zero attached hydrogens (tertiary/aromatic N) is 2. The molecule has 0 saturated carbocycles. The third-order valence-corrected chi connectivity index (χ3v) is 6.17. The number of fused-ring (bicyclic) bond motifs is 1. The van der Waals surface area contributed by atoms with E-state index in [1.807, 2.05) is 25.1 Å². The molecule has 2 aromatic carbocycles. The molecule has 1 N–H and O–H groups in total. The molecule has 1 heterocycles. The van der Waals surface area contributed by atoms with Gasteiger partial charge >= 0.3 is 0 Å². The maximum absolute atomic E-state index is 12.7. The van der Waals surface area contributed by atoms with Crippen molar-refractivity contribution in [1.82, 2.24) is 0 Å². The summed E-state index contributed by atoms with van der Waals surface area (Å²) in [7, 11) is 2.07. The maximum atomic E-state index is 12.7. The Morgan fingerprint density at radius 1 is 1.35 bits per heavy atom. The summed E-state index contributed by atoms with van der Waals surface area (Å²) < 4.78 is 5.41. The number of hydrogen-bond donors (Lipinski definition) is 1. The lowest BCUT2D eigenvalue weighted by Gasteiger charge is -2.45. The van der Waals surface area contributed by atoms with Crippen molar-refractivity contribution in [3.63, 3.8) is 0 Å². The second kappa shape index (κ2) is 9.03. The van der Waals surface area contributed by atoms with Gasteiger partial charge in [0.15, 0.2) is 0 Å². The van der Waals surface area contributed by atoms with Crippen molar-refractivity contribution in [2.45, 2.75) is 45.6 Å². The zero-order valence-electron chi connectivity index (χ0n) is 18.6. The molecule has 31 heavy (non-hydrogen) atoms. The number of halogens is 1. The highest BCUT2D eigenvalue weighted by atomic mass is 35.5. The van der Waals surface area contributed by atoms with Crippen molar-refractivity contribution >= 4 is 35.0 Å². The monoisotopic (exact) mass is 437 g/mol. The lowest BCUT2D eigenvalue weighted by atomic mass is 9.80. The van der Waals surface area contributed by atoms with Crippen molar-refractivity contribution in [1.29, 1.82) is 5.26 Å². The highest BCUT2D eigenvalue weighted by molar-refractivity contribution is 6.32. The molecule has 3 rings (SSSR count). The zero-order chi connectivity index (χ0) is 22.8. The van der Waals surface area contributed by atoms with Gasteiger partial charge < -0.3 is 15.0 Å². The summed E-state index contributed by atoms with van der Waals surface area (Å²) in [6, 6.07) is 12.9. The molecule has 162 valence electrons. The van der Waals surface area contributed by atoms with Gasteiger partial charge in [-0.1, -0.05) is 18.5 Å². The molecular weight excluding hydrogens is 410 g/mol. The molecular formula is C25H28ClN3O2. The number of anilines is 2. The van der Waals surface area contributed by atoms with E-state index in [2.05, 4.69) is 38.0 Å². The summed E-state index contributed by atoms with van der Waals surface area (Å²) in [5.74, 6) is 0.584. The first kappa shape index (κ1) is 22.7. The van der Waals surface area contributed by atoms with Crippen LogP contribution in [0.1, 0.15) is 51.2 Å². The van der Waals surface area contributed by atoms with Crippen molar-refractivity contribution in [3.05, 3.63) is 58.1 Å². The topological polar surface area (TPSA) is 65.4 Å². The second-order valence-electron chi connectivity index (χ2n) is 8.49. The standard InChI is InChI=1S/C25H28ClN3O2/c1-6-31-20-9-7-19(8-10-20)28-24(30)18(15-27)11-17-12-21-16(2)14-25(3,4)29(5)23(21)13-22(17)26/h7-13,16H,6,14H2,1-5H3,(H,28,30)/b18-11+. The fourth-order valence-corrected chi connectivity index (χ4v) is 4.23. The van der Waals surface area contributed by atoms with Gasteiger partial charge in [-0.2, -0.15) is 5.26 Å². The van der Waals surface area contributed by atoms with Crippen LogP contribution in [0.4, 0.5) is 11.4 Å². The number of ether oxygens (including phenoxy) is 1. The molecule has 0 fully saturated rings. The number of nitriles is 1. The molecule has 0 spiro atoms. The number of rotatable bonds is 5. The predicted molar refractivity (Wildman–Crippen MR) is 127 cm³/mol. The lowest BCUT2D eigenvalue weighted by molar-refractivity contribution is -0.112. The molecule has 1 aliphatic heterocycles. The van der Waals surface area contributed by atoms with Gasteiger partial charge in [-0.05, 0) is 86.7 Å². The lowest BCUT2D eigenvalue weighted by Crippen LogP contribution is -2.45. The highest BCUT2D eigenvalue weighted by Crippen LogP contribution is 2.44. The minimum atomic E-state index is -0.480. The van der Waals surface area contributed by atoms with E-state index in [0.717, 1.165) is 17.9 Å². The molecule has 0 saturated heterocycles. The fraction of sp³-hybridized carbons (Fsp3) is 0.360. The highest BCUT2D eigenvalue weighted by Gasteiger charge is 2.34. The Morgan fingerprint density at radius 2 is 2.03 bits per heavy atom. The van der Waals surface area contributed by atoms with Crippen LogP contribution in [0.2, 0.25) is 5.02 Å². The molecule has 1 unspecified atom stereocenters. The summed E-state index contributed by atoms with van der Waals surface area (Å²) in [5.41, 5.74) is 3.53. The Balaban J connectivity index is 1.88. The quantitative estimate of drug-likeness (QED) is 0.459. The van der Waals surface area contributed by atoms with Crippen LogP contribution >= 0.6 is 11.6 Å². The van der Waals surface area contributed by atoms with Gasteiger partial charge in [-0.25, -0.2) is 0 Å². The SMILES string of the molecule is CCOc1ccc(NC(=O)/C(C#N)=C/c2cc3c(cc2Cl)N(C)C(C)(C)CC3C)cc1. The average molecular weight is 438 g/mol. The maximum Gasteiger partial charge on any atom is 0.266 e. The van der Waals surface area contributed by atoms with E-state index in [1.165, 1.54) is 5.56 Å². The van der Waals surface area contributed by atoms with Crippen LogP contribution in [-0.4, -0.2) is 25.1 Å². The second-order valence-corrected chi connectivity index (χ2v) is 8.90. The molecule has 1 amide bonds. The third kappa shape index (κ3) is 4.86. The van der Waals surface area contributed by atoms with Crippen LogP contribution in [-0.2, 0) is 4.79 Å². The summed E-state index contributed by atoms with van der Waals surface area (Å²) >= 11 is 6.55. The van der Waals surface area contributed by atoms with Crippen LogP contribution in [0.3, 0.4) is 0 Å². The predicted octanol–water partition coefficient (Wildman–Crippen LogP) is 6.01. The summed E-state index contributed by atoms with van der Waals surface area (Å²) in [5, 5.41) is 12.9. The molecule has 2 aromatic rings. The third-order valence-electron chi connectivity index (χ3n) is 5.84. The zero-order valence-corrected chi connectivity index (χ0v) is 19.4. The van der Waals surface area contributed by atoms with Crippen LogP contribution in [0.15, 0.2) is 42.0 Å². The van der Waals surface area contributed by atoms with Crippen molar-refractivity contribution in [2.24, 2.45) is 0 Å². The van der Waals surface area contributed by atoms with E-state index < -0.39 is 5.91 Å². The van der Waals surface area contributed by atoms with Crippen LogP contribution in [0.25, 0.3) is 6.08 Å². The molecule has 0 radical (unpaired) electrons. The Labute approximate surface area is 189 Å². The van der Waals surface area contributed by atoms with Gasteiger partial charge in [0.05, 0.1) is 6.61 Å². The number of benzene rings is 2. The van der Waals surface area contributed by atoms with Crippen LogP contribution < -0.4 is 15.0 Å². The molecule has 0 aliphatic carbocycles. The summed E-state index contributed by atoms with van der Waals surface area (Å²) in [6.45, 7) is 9.10. The number of nitrogens with one attached hydrogen (secondary N) is 1. The fourth-order valence-electron chi connectivity index (χ4n) is 4.02. The van der Waals surface area contributed by atoms with E-state index >= 15 is 0 Å². The molecule has 0 aromatic heterocycles. The van der Waals surface area contributed by atoms with E-state index in [1.54, 1.807) is 30.3 Å². The van der Waals surface area contributed by atoms with Crippen molar-refractivity contribution < 1.29 is 9.53 Å². The number of carbonyl (C=O) groups excluding carboxylic acids is 1. The van der Waals surface area contributed by atoms with Gasteiger partial charge in [0.1, 0.15) is 17.4 Å². The molecule has 0 bridgehead atoms. The Hall–Kier alpha value is -2.97. The van der Waals surface area contributed by atoms with Gasteiger partial charge in [0.2, 0.25) is 0 Å². The number of carbonyl (C=O) groups is 1.